The van der Waals surface area contributed by atoms with Gasteiger partial charge in [-0.2, -0.15) is 0 Å². The molecule has 2 nitrogen and oxygen atoms in total. The number of rotatable bonds is 7. The minimum absolute atomic E-state index is 0.497. The first kappa shape index (κ1) is 12.7. The van der Waals surface area contributed by atoms with Crippen LogP contribution in [0.1, 0.15) is 36.2 Å². The van der Waals surface area contributed by atoms with Crippen molar-refractivity contribution in [2.45, 2.75) is 32.7 Å². The number of hydrogen-bond donors (Lipinski definition) is 1. The van der Waals surface area contributed by atoms with Crippen LogP contribution in [0, 0.1) is 6.92 Å². The van der Waals surface area contributed by atoms with Gasteiger partial charge in [0, 0.05) is 24.6 Å². The topological polar surface area (TPSA) is 21.3 Å². The first-order chi connectivity index (χ1) is 7.29. The van der Waals surface area contributed by atoms with E-state index in [4.69, 9.17) is 4.74 Å². The van der Waals surface area contributed by atoms with E-state index in [0.717, 1.165) is 26.0 Å². The quantitative estimate of drug-likeness (QED) is 0.723. The highest BCUT2D eigenvalue weighted by Crippen LogP contribution is 2.25. The maximum Gasteiger partial charge on any atom is 0.0462 e. The lowest BCUT2D eigenvalue weighted by atomic mass is 10.0. The minimum Gasteiger partial charge on any atom is -0.385 e. The smallest absolute Gasteiger partial charge is 0.0462 e. The first-order valence-electron chi connectivity index (χ1n) is 5.56. The molecule has 0 aliphatic heterocycles. The Labute approximate surface area is 96.7 Å². The molecule has 1 unspecified atom stereocenters. The molecule has 15 heavy (non-hydrogen) atoms. The Balaban J connectivity index is 2.53. The fourth-order valence-electron chi connectivity index (χ4n) is 1.80. The van der Waals surface area contributed by atoms with Crippen LogP contribution in [-0.2, 0) is 4.74 Å². The third-order valence-corrected chi connectivity index (χ3v) is 3.43. The summed E-state index contributed by atoms with van der Waals surface area (Å²) in [5.74, 6) is 0. The average Bonchev–Trinajstić information content (AvgIpc) is 2.64. The van der Waals surface area contributed by atoms with Crippen LogP contribution in [0.25, 0.3) is 0 Å². The Morgan fingerprint density at radius 2 is 2.33 bits per heavy atom. The molecule has 0 aliphatic rings. The first-order valence-corrected chi connectivity index (χ1v) is 6.43. The molecular weight excluding hydrogens is 206 g/mol. The maximum atomic E-state index is 5.09. The van der Waals surface area contributed by atoms with E-state index in [2.05, 4.69) is 30.6 Å². The summed E-state index contributed by atoms with van der Waals surface area (Å²) in [6.07, 6.45) is 2.27. The molecular formula is C12H21NOS. The highest BCUT2D eigenvalue weighted by molar-refractivity contribution is 7.10. The van der Waals surface area contributed by atoms with Gasteiger partial charge < -0.3 is 10.1 Å². The minimum atomic E-state index is 0.497. The van der Waals surface area contributed by atoms with E-state index in [1.807, 2.05) is 11.3 Å². The van der Waals surface area contributed by atoms with E-state index in [-0.39, 0.29) is 0 Å². The second kappa shape index (κ2) is 6.99. The van der Waals surface area contributed by atoms with Crippen LogP contribution in [0.5, 0.6) is 0 Å². The van der Waals surface area contributed by atoms with Gasteiger partial charge in [-0.15, -0.1) is 11.3 Å². The number of nitrogens with one attached hydrogen (secondary N) is 1. The number of thiophene rings is 1. The van der Waals surface area contributed by atoms with Gasteiger partial charge in [0.05, 0.1) is 0 Å². The molecule has 0 spiro atoms. The molecule has 0 bridgehead atoms. The molecule has 1 heterocycles. The maximum absolute atomic E-state index is 5.09. The van der Waals surface area contributed by atoms with Crippen molar-refractivity contribution >= 4 is 11.3 Å². The van der Waals surface area contributed by atoms with Crippen molar-refractivity contribution in [3.8, 4) is 0 Å². The second-order valence-electron chi connectivity index (χ2n) is 3.68. The molecule has 1 atom stereocenters. The largest absolute Gasteiger partial charge is 0.385 e. The van der Waals surface area contributed by atoms with Gasteiger partial charge in [0.25, 0.3) is 0 Å². The number of ether oxygens (including phenoxy) is 1. The van der Waals surface area contributed by atoms with Gasteiger partial charge in [-0.05, 0) is 43.3 Å². The van der Waals surface area contributed by atoms with Crippen LogP contribution in [-0.4, -0.2) is 20.3 Å². The molecule has 3 heteroatoms. The van der Waals surface area contributed by atoms with Crippen LogP contribution < -0.4 is 5.32 Å². The normalized spacial score (nSPS) is 13.0. The highest BCUT2D eigenvalue weighted by atomic mass is 32.1. The van der Waals surface area contributed by atoms with Gasteiger partial charge in [0.15, 0.2) is 0 Å². The molecule has 1 rings (SSSR count). The summed E-state index contributed by atoms with van der Waals surface area (Å²) in [6, 6.07) is 2.73. The molecule has 86 valence electrons. The number of methoxy groups -OCH3 is 1. The third kappa shape index (κ3) is 3.93. The lowest BCUT2D eigenvalue weighted by Gasteiger charge is -2.17. The molecule has 0 aliphatic carbocycles. The summed E-state index contributed by atoms with van der Waals surface area (Å²) in [6.45, 7) is 6.23. The molecule has 1 aromatic heterocycles. The van der Waals surface area contributed by atoms with Crippen LogP contribution in [0.4, 0.5) is 0 Å². The lowest BCUT2D eigenvalue weighted by molar-refractivity contribution is 0.189. The molecule has 0 amide bonds. The van der Waals surface area contributed by atoms with E-state index in [1.54, 1.807) is 7.11 Å². The van der Waals surface area contributed by atoms with Crippen molar-refractivity contribution in [3.05, 3.63) is 21.9 Å². The van der Waals surface area contributed by atoms with Crippen LogP contribution in [0.2, 0.25) is 0 Å². The Hall–Kier alpha value is -0.380. The summed E-state index contributed by atoms with van der Waals surface area (Å²) in [5.41, 5.74) is 1.46. The predicted molar refractivity (Wildman–Crippen MR) is 66.6 cm³/mol. The van der Waals surface area contributed by atoms with Crippen molar-refractivity contribution in [3.63, 3.8) is 0 Å². The zero-order chi connectivity index (χ0) is 11.1. The van der Waals surface area contributed by atoms with Crippen molar-refractivity contribution in [1.29, 1.82) is 0 Å². The van der Waals surface area contributed by atoms with Crippen LogP contribution in [0.3, 0.4) is 0 Å². The van der Waals surface area contributed by atoms with Gasteiger partial charge >= 0.3 is 0 Å². The van der Waals surface area contributed by atoms with Crippen molar-refractivity contribution in [2.75, 3.05) is 20.3 Å². The molecule has 0 saturated heterocycles. The van der Waals surface area contributed by atoms with Crippen LogP contribution >= 0.6 is 11.3 Å². The van der Waals surface area contributed by atoms with E-state index in [1.165, 1.54) is 10.4 Å². The average molecular weight is 227 g/mol. The summed E-state index contributed by atoms with van der Waals surface area (Å²) in [5, 5.41) is 5.71. The molecule has 0 fully saturated rings. The number of aryl methyl sites for hydroxylation is 1. The zero-order valence-electron chi connectivity index (χ0n) is 9.88. The van der Waals surface area contributed by atoms with Gasteiger partial charge in [-0.3, -0.25) is 0 Å². The Kier molecular flexibility index (Phi) is 5.91. The van der Waals surface area contributed by atoms with E-state index >= 15 is 0 Å². The summed E-state index contributed by atoms with van der Waals surface area (Å²) < 4.78 is 5.09. The second-order valence-corrected chi connectivity index (χ2v) is 4.80. The Bertz CT molecular complexity index is 272. The Morgan fingerprint density at radius 1 is 1.53 bits per heavy atom. The fraction of sp³-hybridized carbons (Fsp3) is 0.667. The van der Waals surface area contributed by atoms with Crippen molar-refractivity contribution in [2.24, 2.45) is 0 Å². The van der Waals surface area contributed by atoms with E-state index < -0.39 is 0 Å². The lowest BCUT2D eigenvalue weighted by Crippen LogP contribution is -2.21. The molecule has 0 aromatic carbocycles. The SMILES string of the molecule is CCNC(CCCOC)c1ccsc1C. The van der Waals surface area contributed by atoms with E-state index in [0.29, 0.717) is 6.04 Å². The monoisotopic (exact) mass is 227 g/mol. The molecule has 0 radical (unpaired) electrons. The zero-order valence-corrected chi connectivity index (χ0v) is 10.7. The van der Waals surface area contributed by atoms with Gasteiger partial charge in [0.2, 0.25) is 0 Å². The van der Waals surface area contributed by atoms with Crippen molar-refractivity contribution < 1.29 is 4.74 Å². The summed E-state index contributed by atoms with van der Waals surface area (Å²) >= 11 is 1.83. The Morgan fingerprint density at radius 3 is 2.87 bits per heavy atom. The molecule has 0 saturated carbocycles. The van der Waals surface area contributed by atoms with Crippen molar-refractivity contribution in [1.82, 2.24) is 5.32 Å². The standard InChI is InChI=1S/C12H21NOS/c1-4-13-12(6-5-8-14-3)11-7-9-15-10(11)2/h7,9,12-13H,4-6,8H2,1-3H3. The molecule has 1 N–H and O–H groups in total. The number of hydrogen-bond acceptors (Lipinski definition) is 3. The molecule has 1 aromatic rings. The summed E-state index contributed by atoms with van der Waals surface area (Å²) in [4.78, 5) is 1.43. The van der Waals surface area contributed by atoms with Gasteiger partial charge in [-0.1, -0.05) is 6.92 Å². The highest BCUT2D eigenvalue weighted by Gasteiger charge is 2.12. The van der Waals surface area contributed by atoms with Gasteiger partial charge in [-0.25, -0.2) is 0 Å². The van der Waals surface area contributed by atoms with Gasteiger partial charge in [0.1, 0.15) is 0 Å². The van der Waals surface area contributed by atoms with Crippen LogP contribution in [0.15, 0.2) is 11.4 Å². The summed E-state index contributed by atoms with van der Waals surface area (Å²) in [7, 11) is 1.76. The predicted octanol–water partition coefficient (Wildman–Crippen LogP) is 3.13. The third-order valence-electron chi connectivity index (χ3n) is 2.57. The fourth-order valence-corrected chi connectivity index (χ4v) is 2.57. The van der Waals surface area contributed by atoms with E-state index in [9.17, 15) is 0 Å².